The van der Waals surface area contributed by atoms with Crippen molar-refractivity contribution >= 4 is 17.8 Å². The highest BCUT2D eigenvalue weighted by molar-refractivity contribution is 5.88. The topological polar surface area (TPSA) is 85.8 Å². The Morgan fingerprint density at radius 1 is 1.12 bits per heavy atom. The highest BCUT2D eigenvalue weighted by Crippen LogP contribution is 2.17. The number of guanidine groups is 1. The number of aliphatic imine (C=N–C) groups is 1. The van der Waals surface area contributed by atoms with Crippen molar-refractivity contribution in [2.45, 2.75) is 64.5 Å². The first-order valence-corrected chi connectivity index (χ1v) is 8.73. The lowest BCUT2D eigenvalue weighted by molar-refractivity contribution is -0.127. The van der Waals surface area contributed by atoms with E-state index in [4.69, 9.17) is 0 Å². The van der Waals surface area contributed by atoms with Crippen LogP contribution in [0.1, 0.15) is 52.9 Å². The Hall–Kier alpha value is -1.79. The third-order valence-corrected chi connectivity index (χ3v) is 3.75. The second-order valence-electron chi connectivity index (χ2n) is 7.58. The predicted octanol–water partition coefficient (Wildman–Crippen LogP) is 0.857. The molecule has 0 radical (unpaired) electrons. The van der Waals surface area contributed by atoms with E-state index in [-0.39, 0.29) is 30.4 Å². The van der Waals surface area contributed by atoms with Gasteiger partial charge in [-0.05, 0) is 33.6 Å². The monoisotopic (exact) mass is 339 g/mol. The van der Waals surface area contributed by atoms with Gasteiger partial charge in [-0.1, -0.05) is 19.3 Å². The summed E-state index contributed by atoms with van der Waals surface area (Å²) in [7, 11) is 3.43. The van der Waals surface area contributed by atoms with Gasteiger partial charge in [-0.3, -0.25) is 9.59 Å². The second-order valence-corrected chi connectivity index (χ2v) is 7.58. The Morgan fingerprint density at radius 3 is 2.29 bits per heavy atom. The molecule has 0 unspecified atom stereocenters. The van der Waals surface area contributed by atoms with Crippen LogP contribution in [0.2, 0.25) is 0 Å². The largest absolute Gasteiger partial charge is 0.354 e. The molecule has 0 aliphatic heterocycles. The number of likely N-dealkylation sites (N-methyl/N-ethyl adjacent to an activating group) is 1. The normalized spacial score (nSPS) is 16.5. The molecule has 1 rings (SSSR count). The number of amides is 2. The van der Waals surface area contributed by atoms with Crippen LogP contribution in [0.15, 0.2) is 4.99 Å². The zero-order valence-electron chi connectivity index (χ0n) is 15.7. The maximum Gasteiger partial charge on any atom is 0.242 e. The van der Waals surface area contributed by atoms with E-state index < -0.39 is 0 Å². The molecule has 0 spiro atoms. The minimum atomic E-state index is -0.280. The standard InChI is InChI=1S/C17H33N5O2/c1-17(2,3)21-14(23)11-18-16(19-12-15(24)22(4)5)20-13-9-7-6-8-10-13/h13H,6-12H2,1-5H3,(H,21,23)(H2,18,19,20). The molecule has 0 atom stereocenters. The van der Waals surface area contributed by atoms with Crippen LogP contribution in [0.4, 0.5) is 0 Å². The van der Waals surface area contributed by atoms with E-state index in [1.165, 1.54) is 24.2 Å². The molecule has 0 aromatic carbocycles. The van der Waals surface area contributed by atoms with Gasteiger partial charge in [0.15, 0.2) is 5.96 Å². The summed E-state index contributed by atoms with van der Waals surface area (Å²) in [6.07, 6.45) is 5.86. The van der Waals surface area contributed by atoms with Crippen molar-refractivity contribution in [1.29, 1.82) is 0 Å². The summed E-state index contributed by atoms with van der Waals surface area (Å²) in [5.41, 5.74) is -0.280. The molecular weight excluding hydrogens is 306 g/mol. The fraction of sp³-hybridized carbons (Fsp3) is 0.824. The maximum atomic E-state index is 12.0. The third-order valence-electron chi connectivity index (χ3n) is 3.75. The third kappa shape index (κ3) is 8.74. The number of hydrogen-bond acceptors (Lipinski definition) is 3. The number of rotatable bonds is 5. The van der Waals surface area contributed by atoms with Crippen LogP contribution in [0, 0.1) is 0 Å². The van der Waals surface area contributed by atoms with Gasteiger partial charge in [0.25, 0.3) is 0 Å². The van der Waals surface area contributed by atoms with Gasteiger partial charge in [0, 0.05) is 25.7 Å². The van der Waals surface area contributed by atoms with Crippen molar-refractivity contribution in [2.24, 2.45) is 4.99 Å². The first kappa shape index (κ1) is 20.3. The summed E-state index contributed by atoms with van der Waals surface area (Å²) in [4.78, 5) is 29.6. The van der Waals surface area contributed by atoms with Crippen molar-refractivity contribution in [3.8, 4) is 0 Å². The van der Waals surface area contributed by atoms with E-state index in [0.29, 0.717) is 12.0 Å². The lowest BCUT2D eigenvalue weighted by Gasteiger charge is -2.25. The molecule has 24 heavy (non-hydrogen) atoms. The summed E-state index contributed by atoms with van der Waals surface area (Å²) in [5, 5.41) is 9.28. The zero-order valence-corrected chi connectivity index (χ0v) is 15.7. The van der Waals surface area contributed by atoms with Crippen LogP contribution in [-0.2, 0) is 9.59 Å². The molecule has 7 nitrogen and oxygen atoms in total. The molecule has 138 valence electrons. The van der Waals surface area contributed by atoms with Crippen LogP contribution in [0.25, 0.3) is 0 Å². The first-order chi connectivity index (χ1) is 11.2. The summed E-state index contributed by atoms with van der Waals surface area (Å²) < 4.78 is 0. The van der Waals surface area contributed by atoms with Crippen LogP contribution in [0.5, 0.6) is 0 Å². The first-order valence-electron chi connectivity index (χ1n) is 8.73. The maximum absolute atomic E-state index is 12.0. The van der Waals surface area contributed by atoms with Crippen molar-refractivity contribution in [2.75, 3.05) is 27.2 Å². The van der Waals surface area contributed by atoms with E-state index in [0.717, 1.165) is 12.8 Å². The van der Waals surface area contributed by atoms with E-state index in [2.05, 4.69) is 20.9 Å². The number of nitrogens with one attached hydrogen (secondary N) is 3. The molecule has 1 aliphatic carbocycles. The molecule has 3 N–H and O–H groups in total. The average molecular weight is 339 g/mol. The summed E-state index contributed by atoms with van der Waals surface area (Å²) in [6, 6.07) is 0.352. The molecule has 2 amide bonds. The number of carbonyl (C=O) groups excluding carboxylic acids is 2. The number of nitrogens with zero attached hydrogens (tertiary/aromatic N) is 2. The van der Waals surface area contributed by atoms with Gasteiger partial charge in [-0.25, -0.2) is 4.99 Å². The van der Waals surface area contributed by atoms with Gasteiger partial charge >= 0.3 is 0 Å². The molecule has 7 heteroatoms. The summed E-state index contributed by atoms with van der Waals surface area (Å²) >= 11 is 0. The Kier molecular flexibility index (Phi) is 8.01. The zero-order chi connectivity index (χ0) is 18.2. The quantitative estimate of drug-likeness (QED) is 0.512. The predicted molar refractivity (Wildman–Crippen MR) is 96.9 cm³/mol. The SMILES string of the molecule is CN(C)C(=O)CNC(=NCC(=O)NC(C)(C)C)NC1CCCCC1. The van der Waals surface area contributed by atoms with E-state index in [1.807, 2.05) is 20.8 Å². The van der Waals surface area contributed by atoms with Gasteiger partial charge < -0.3 is 20.9 Å². The molecule has 0 saturated heterocycles. The summed E-state index contributed by atoms with van der Waals surface area (Å²) in [5.74, 6) is 0.361. The highest BCUT2D eigenvalue weighted by Gasteiger charge is 2.17. The van der Waals surface area contributed by atoms with Crippen molar-refractivity contribution in [1.82, 2.24) is 20.9 Å². The fourth-order valence-electron chi connectivity index (χ4n) is 2.52. The lowest BCUT2D eigenvalue weighted by atomic mass is 9.96. The highest BCUT2D eigenvalue weighted by atomic mass is 16.2. The van der Waals surface area contributed by atoms with E-state index in [1.54, 1.807) is 14.1 Å². The van der Waals surface area contributed by atoms with Gasteiger partial charge in [0.1, 0.15) is 6.54 Å². The molecular formula is C17H33N5O2. The minimum absolute atomic E-state index is 0.0349. The molecule has 0 aromatic heterocycles. The number of hydrogen-bond donors (Lipinski definition) is 3. The Balaban J connectivity index is 2.62. The van der Waals surface area contributed by atoms with Crippen molar-refractivity contribution < 1.29 is 9.59 Å². The van der Waals surface area contributed by atoms with Gasteiger partial charge in [-0.2, -0.15) is 0 Å². The van der Waals surface area contributed by atoms with E-state index >= 15 is 0 Å². The molecule has 0 aromatic rings. The Bertz CT molecular complexity index is 448. The van der Waals surface area contributed by atoms with Gasteiger partial charge in [0.05, 0.1) is 6.54 Å². The van der Waals surface area contributed by atoms with Crippen LogP contribution < -0.4 is 16.0 Å². The fourth-order valence-corrected chi connectivity index (χ4v) is 2.52. The molecule has 1 aliphatic rings. The Labute approximate surface area is 145 Å². The Morgan fingerprint density at radius 2 is 1.75 bits per heavy atom. The van der Waals surface area contributed by atoms with Crippen molar-refractivity contribution in [3.05, 3.63) is 0 Å². The van der Waals surface area contributed by atoms with Gasteiger partial charge in [-0.15, -0.1) is 0 Å². The molecule has 0 heterocycles. The van der Waals surface area contributed by atoms with Crippen LogP contribution >= 0.6 is 0 Å². The molecule has 0 bridgehead atoms. The molecule has 1 saturated carbocycles. The summed E-state index contributed by atoms with van der Waals surface area (Å²) in [6.45, 7) is 6.00. The van der Waals surface area contributed by atoms with Crippen molar-refractivity contribution in [3.63, 3.8) is 0 Å². The second kappa shape index (κ2) is 9.49. The van der Waals surface area contributed by atoms with Crippen LogP contribution in [0.3, 0.4) is 0 Å². The van der Waals surface area contributed by atoms with E-state index in [9.17, 15) is 9.59 Å². The smallest absolute Gasteiger partial charge is 0.242 e. The molecule has 1 fully saturated rings. The number of carbonyl (C=O) groups is 2. The van der Waals surface area contributed by atoms with Crippen LogP contribution in [-0.4, -0.2) is 61.4 Å². The minimum Gasteiger partial charge on any atom is -0.354 e. The average Bonchev–Trinajstić information content (AvgIpc) is 2.48. The lowest BCUT2D eigenvalue weighted by Crippen LogP contribution is -2.48. The van der Waals surface area contributed by atoms with Gasteiger partial charge in [0.2, 0.25) is 11.8 Å².